The van der Waals surface area contributed by atoms with Gasteiger partial charge in [0.25, 0.3) is 0 Å². The summed E-state index contributed by atoms with van der Waals surface area (Å²) in [6, 6.07) is 59.7. The highest BCUT2D eigenvalue weighted by atomic mass is 32.1. The molecule has 50 heavy (non-hydrogen) atoms. The summed E-state index contributed by atoms with van der Waals surface area (Å²) in [7, 11) is 0. The van der Waals surface area contributed by atoms with Crippen molar-refractivity contribution in [1.29, 1.82) is 0 Å². The molecule has 0 unspecified atom stereocenters. The minimum Gasteiger partial charge on any atom is -0.455 e. The molecule has 0 atom stereocenters. The summed E-state index contributed by atoms with van der Waals surface area (Å²) in [5, 5.41) is 3.45. The van der Waals surface area contributed by atoms with Crippen LogP contribution in [0.5, 0.6) is 0 Å². The summed E-state index contributed by atoms with van der Waals surface area (Å²) in [4.78, 5) is 10.4. The van der Waals surface area contributed by atoms with Gasteiger partial charge in [0, 0.05) is 37.5 Å². The molecule has 0 fully saturated rings. The molecule has 0 aliphatic heterocycles. The number of rotatable bonds is 5. The van der Waals surface area contributed by atoms with Crippen molar-refractivity contribution in [2.45, 2.75) is 0 Å². The Morgan fingerprint density at radius 3 is 1.84 bits per heavy atom. The number of hydrogen-bond donors (Lipinski definition) is 0. The number of thiophene rings is 1. The SMILES string of the molecule is c1ccc(-c2nc(-c3cccc(-c4cccc(-c5ccc(-c6cccc7c6oc6ccccc67)cc5)c4)c3)nc3c2sc2ccccc23)cc1. The normalized spacial score (nSPS) is 11.6. The topological polar surface area (TPSA) is 38.9 Å². The lowest BCUT2D eigenvalue weighted by atomic mass is 9.96. The molecule has 0 amide bonds. The van der Waals surface area contributed by atoms with E-state index in [4.69, 9.17) is 14.4 Å². The second-order valence-electron chi connectivity index (χ2n) is 12.6. The Bertz CT molecular complexity index is 2870. The lowest BCUT2D eigenvalue weighted by Gasteiger charge is -2.10. The van der Waals surface area contributed by atoms with Crippen molar-refractivity contribution in [3.63, 3.8) is 0 Å². The third-order valence-electron chi connectivity index (χ3n) is 9.52. The van der Waals surface area contributed by atoms with Crippen LogP contribution >= 0.6 is 11.3 Å². The van der Waals surface area contributed by atoms with Crippen LogP contribution in [-0.2, 0) is 0 Å². The molecule has 7 aromatic carbocycles. The van der Waals surface area contributed by atoms with Gasteiger partial charge >= 0.3 is 0 Å². The van der Waals surface area contributed by atoms with E-state index in [1.807, 2.05) is 18.2 Å². The molecule has 234 valence electrons. The van der Waals surface area contributed by atoms with Crippen LogP contribution in [0.3, 0.4) is 0 Å². The van der Waals surface area contributed by atoms with Crippen molar-refractivity contribution in [2.75, 3.05) is 0 Å². The van der Waals surface area contributed by atoms with Crippen molar-refractivity contribution in [1.82, 2.24) is 9.97 Å². The van der Waals surface area contributed by atoms with Gasteiger partial charge in [0.15, 0.2) is 5.82 Å². The van der Waals surface area contributed by atoms with Gasteiger partial charge in [-0.3, -0.25) is 0 Å². The van der Waals surface area contributed by atoms with Gasteiger partial charge in [-0.15, -0.1) is 11.3 Å². The van der Waals surface area contributed by atoms with E-state index < -0.39 is 0 Å². The Hall–Kier alpha value is -6.36. The predicted molar refractivity (Wildman–Crippen MR) is 209 cm³/mol. The zero-order chi connectivity index (χ0) is 33.0. The minimum atomic E-state index is 0.730. The first-order valence-electron chi connectivity index (χ1n) is 16.7. The number of nitrogens with zero attached hydrogens (tertiary/aromatic N) is 2. The van der Waals surface area contributed by atoms with Crippen molar-refractivity contribution < 1.29 is 4.42 Å². The molecule has 3 nitrogen and oxygen atoms in total. The third kappa shape index (κ3) is 4.80. The van der Waals surface area contributed by atoms with E-state index in [1.165, 1.54) is 4.70 Å². The third-order valence-corrected chi connectivity index (χ3v) is 10.7. The summed E-state index contributed by atoms with van der Waals surface area (Å²) >= 11 is 1.76. The highest BCUT2D eigenvalue weighted by Gasteiger charge is 2.17. The molecule has 0 spiro atoms. The Kier molecular flexibility index (Phi) is 6.68. The van der Waals surface area contributed by atoms with Crippen LogP contribution in [0.15, 0.2) is 174 Å². The van der Waals surface area contributed by atoms with Crippen LogP contribution in [0.4, 0.5) is 0 Å². The first kappa shape index (κ1) is 28.6. The molecule has 4 heteroatoms. The summed E-state index contributed by atoms with van der Waals surface area (Å²) in [6.45, 7) is 0. The van der Waals surface area contributed by atoms with Crippen LogP contribution in [0.1, 0.15) is 0 Å². The maximum Gasteiger partial charge on any atom is 0.160 e. The Labute approximate surface area is 292 Å². The quantitative estimate of drug-likeness (QED) is 0.185. The van der Waals surface area contributed by atoms with E-state index in [9.17, 15) is 0 Å². The molecule has 0 N–H and O–H groups in total. The molecule has 3 aromatic heterocycles. The van der Waals surface area contributed by atoms with Crippen LogP contribution < -0.4 is 0 Å². The van der Waals surface area contributed by atoms with E-state index in [2.05, 4.69) is 152 Å². The number of benzene rings is 7. The fraction of sp³-hybridized carbons (Fsp3) is 0. The second-order valence-corrected chi connectivity index (χ2v) is 13.6. The first-order chi connectivity index (χ1) is 24.8. The lowest BCUT2D eigenvalue weighted by Crippen LogP contribution is -1.94. The fourth-order valence-corrected chi connectivity index (χ4v) is 8.20. The monoisotopic (exact) mass is 656 g/mol. The van der Waals surface area contributed by atoms with Gasteiger partial charge in [0.1, 0.15) is 11.2 Å². The zero-order valence-corrected chi connectivity index (χ0v) is 27.7. The highest BCUT2D eigenvalue weighted by Crippen LogP contribution is 2.40. The molecule has 10 rings (SSSR count). The number of furan rings is 1. The predicted octanol–water partition coefficient (Wildman–Crippen LogP) is 13.1. The Morgan fingerprint density at radius 2 is 1.02 bits per heavy atom. The molecule has 3 heterocycles. The lowest BCUT2D eigenvalue weighted by molar-refractivity contribution is 0.670. The molecule has 0 aliphatic carbocycles. The van der Waals surface area contributed by atoms with E-state index in [0.29, 0.717) is 0 Å². The number of hydrogen-bond acceptors (Lipinski definition) is 4. The van der Waals surface area contributed by atoms with E-state index in [-0.39, 0.29) is 0 Å². The Morgan fingerprint density at radius 1 is 0.420 bits per heavy atom. The van der Waals surface area contributed by atoms with Crippen LogP contribution in [-0.4, -0.2) is 9.97 Å². The maximum atomic E-state index is 6.32. The van der Waals surface area contributed by atoms with E-state index in [0.717, 1.165) is 93.6 Å². The summed E-state index contributed by atoms with van der Waals surface area (Å²) < 4.78 is 8.65. The largest absolute Gasteiger partial charge is 0.455 e. The van der Waals surface area contributed by atoms with Crippen LogP contribution in [0.2, 0.25) is 0 Å². The summed E-state index contributed by atoms with van der Waals surface area (Å²) in [6.07, 6.45) is 0. The van der Waals surface area contributed by atoms with Crippen LogP contribution in [0.25, 0.3) is 98.3 Å². The first-order valence-corrected chi connectivity index (χ1v) is 17.6. The number of aromatic nitrogens is 2. The summed E-state index contributed by atoms with van der Waals surface area (Å²) in [5.74, 6) is 0.730. The van der Waals surface area contributed by atoms with Gasteiger partial charge in [-0.1, -0.05) is 146 Å². The van der Waals surface area contributed by atoms with Crippen molar-refractivity contribution in [3.8, 4) is 56.0 Å². The van der Waals surface area contributed by atoms with Crippen molar-refractivity contribution >= 4 is 53.6 Å². The van der Waals surface area contributed by atoms with E-state index >= 15 is 0 Å². The Balaban J connectivity index is 1.02. The van der Waals surface area contributed by atoms with Gasteiger partial charge in [0.2, 0.25) is 0 Å². The average Bonchev–Trinajstić information content (AvgIpc) is 3.77. The fourth-order valence-electron chi connectivity index (χ4n) is 7.04. The molecular weight excluding hydrogens is 629 g/mol. The highest BCUT2D eigenvalue weighted by molar-refractivity contribution is 7.26. The van der Waals surface area contributed by atoms with Crippen LogP contribution in [0, 0.1) is 0 Å². The standard InChI is InChI=1S/C46H28N2OS/c1-2-11-31(12-3-1)42-45-43(39-18-5-7-22-41(39)50-45)48-46(47-42)35-16-9-15-34(28-35)33-14-8-13-32(27-33)29-23-25-30(26-24-29)36-19-10-20-38-37-17-4-6-21-40(37)49-44(36)38/h1-28H. The van der Waals surface area contributed by atoms with Crippen molar-refractivity contribution in [3.05, 3.63) is 170 Å². The zero-order valence-electron chi connectivity index (χ0n) is 26.9. The molecule has 0 radical (unpaired) electrons. The van der Waals surface area contributed by atoms with Gasteiger partial charge in [0.05, 0.1) is 15.9 Å². The van der Waals surface area contributed by atoms with Gasteiger partial charge in [-0.05, 0) is 52.1 Å². The van der Waals surface area contributed by atoms with Gasteiger partial charge in [-0.2, -0.15) is 0 Å². The average molecular weight is 657 g/mol. The maximum absolute atomic E-state index is 6.32. The molecule has 0 saturated carbocycles. The van der Waals surface area contributed by atoms with Gasteiger partial charge < -0.3 is 4.42 Å². The number of fused-ring (bicyclic) bond motifs is 6. The minimum absolute atomic E-state index is 0.730. The van der Waals surface area contributed by atoms with Crippen molar-refractivity contribution in [2.24, 2.45) is 0 Å². The number of para-hydroxylation sites is 2. The molecule has 0 bridgehead atoms. The molecule has 0 aliphatic rings. The summed E-state index contributed by atoms with van der Waals surface area (Å²) in [5.41, 5.74) is 12.7. The smallest absolute Gasteiger partial charge is 0.160 e. The molecule has 0 saturated heterocycles. The van der Waals surface area contributed by atoms with Gasteiger partial charge in [-0.25, -0.2) is 9.97 Å². The molecule has 10 aromatic rings. The van der Waals surface area contributed by atoms with E-state index in [1.54, 1.807) is 11.3 Å². The second kappa shape index (κ2) is 11.7. The molecular formula is C46H28N2OS.